The Kier molecular flexibility index (Phi) is 10.8. The fourth-order valence-electron chi connectivity index (χ4n) is 4.78. The number of unbranched alkanes of at least 4 members (excludes halogenated alkanes) is 2. The third kappa shape index (κ3) is 8.74. The summed E-state index contributed by atoms with van der Waals surface area (Å²) in [6.07, 6.45) is 4.09. The summed E-state index contributed by atoms with van der Waals surface area (Å²) in [4.78, 5) is 39.4. The fraction of sp³-hybridized carbons (Fsp3) is 0.344. The molecule has 0 spiro atoms. The monoisotopic (exact) mass is 545 g/mol. The lowest BCUT2D eigenvalue weighted by atomic mass is 10.1. The number of nitrogens with one attached hydrogen (secondary N) is 2. The number of carbonyl (C=O) groups excluding carboxylic acids is 3. The van der Waals surface area contributed by atoms with E-state index in [9.17, 15) is 18.8 Å². The number of hydrogen-bond donors (Lipinski definition) is 2. The molecule has 0 radical (unpaired) electrons. The van der Waals surface area contributed by atoms with Crippen molar-refractivity contribution in [3.05, 3.63) is 90.2 Å². The van der Waals surface area contributed by atoms with Crippen molar-refractivity contribution in [3.8, 4) is 11.1 Å². The van der Waals surface area contributed by atoms with Gasteiger partial charge < -0.3 is 20.3 Å². The molecule has 0 aromatic heterocycles. The van der Waals surface area contributed by atoms with E-state index in [1.165, 1.54) is 12.1 Å². The summed E-state index contributed by atoms with van der Waals surface area (Å²) >= 11 is 0. The first-order valence-corrected chi connectivity index (χ1v) is 13.8. The average molecular weight is 546 g/mol. The van der Waals surface area contributed by atoms with Crippen molar-refractivity contribution in [1.82, 2.24) is 10.2 Å². The number of rotatable bonds is 13. The Labute approximate surface area is 234 Å². The van der Waals surface area contributed by atoms with Crippen LogP contribution in [0.1, 0.15) is 44.1 Å². The van der Waals surface area contributed by atoms with Crippen LogP contribution in [0.4, 0.5) is 10.1 Å². The zero-order chi connectivity index (χ0) is 28.2. The van der Waals surface area contributed by atoms with Gasteiger partial charge in [0.25, 0.3) is 0 Å². The van der Waals surface area contributed by atoms with Gasteiger partial charge in [-0.25, -0.2) is 4.39 Å². The highest BCUT2D eigenvalue weighted by Gasteiger charge is 2.33. The molecule has 4 rings (SSSR count). The van der Waals surface area contributed by atoms with E-state index in [4.69, 9.17) is 4.74 Å². The van der Waals surface area contributed by atoms with Crippen molar-refractivity contribution in [2.75, 3.05) is 25.0 Å². The maximum absolute atomic E-state index is 13.0. The summed E-state index contributed by atoms with van der Waals surface area (Å²) in [6, 6.07) is 23.3. The molecule has 1 fully saturated rings. The Morgan fingerprint density at radius 3 is 2.35 bits per heavy atom. The van der Waals surface area contributed by atoms with Crippen LogP contribution in [0.5, 0.6) is 0 Å². The van der Waals surface area contributed by atoms with Gasteiger partial charge in [-0.1, -0.05) is 61.0 Å². The summed E-state index contributed by atoms with van der Waals surface area (Å²) in [7, 11) is 0. The van der Waals surface area contributed by atoms with E-state index in [0.717, 1.165) is 36.0 Å². The normalized spacial score (nSPS) is 14.6. The van der Waals surface area contributed by atoms with E-state index in [-0.39, 0.29) is 36.8 Å². The molecule has 40 heavy (non-hydrogen) atoms. The van der Waals surface area contributed by atoms with Crippen LogP contribution in [0.2, 0.25) is 0 Å². The Morgan fingerprint density at radius 2 is 1.60 bits per heavy atom. The van der Waals surface area contributed by atoms with Crippen LogP contribution in [-0.4, -0.2) is 48.4 Å². The van der Waals surface area contributed by atoms with E-state index < -0.39 is 6.04 Å². The molecular weight excluding hydrogens is 509 g/mol. The first-order chi connectivity index (χ1) is 19.5. The molecule has 1 saturated heterocycles. The Balaban J connectivity index is 1.10. The second-order valence-electron chi connectivity index (χ2n) is 9.96. The Bertz CT molecular complexity index is 1250. The summed E-state index contributed by atoms with van der Waals surface area (Å²) in [5.41, 5.74) is 3.70. The quantitative estimate of drug-likeness (QED) is 0.285. The maximum Gasteiger partial charge on any atom is 0.247 e. The smallest absolute Gasteiger partial charge is 0.247 e. The van der Waals surface area contributed by atoms with Crippen LogP contribution in [0, 0.1) is 5.82 Å². The lowest BCUT2D eigenvalue weighted by Crippen LogP contribution is -2.43. The molecule has 2 N–H and O–H groups in total. The molecule has 0 bridgehead atoms. The summed E-state index contributed by atoms with van der Waals surface area (Å²) in [5.74, 6) is -0.674. The SMILES string of the molecule is O=C(COCc1ccc(F)cc1)NCCCCCC(=O)N1CCC[C@H]1C(=O)Nc1ccc(-c2ccccc2)cc1. The number of likely N-dealkylation sites (tertiary alicyclic amines) is 1. The van der Waals surface area contributed by atoms with Crippen LogP contribution >= 0.6 is 0 Å². The highest BCUT2D eigenvalue weighted by molar-refractivity contribution is 5.97. The fourth-order valence-corrected chi connectivity index (χ4v) is 4.78. The van der Waals surface area contributed by atoms with Gasteiger partial charge in [-0.15, -0.1) is 0 Å². The minimum atomic E-state index is -0.449. The van der Waals surface area contributed by atoms with Gasteiger partial charge in [-0.2, -0.15) is 0 Å². The maximum atomic E-state index is 13.0. The molecule has 1 aliphatic rings. The molecule has 7 nitrogen and oxygen atoms in total. The first kappa shape index (κ1) is 29.0. The predicted molar refractivity (Wildman–Crippen MR) is 153 cm³/mol. The number of anilines is 1. The molecule has 0 aliphatic carbocycles. The highest BCUT2D eigenvalue weighted by atomic mass is 19.1. The molecule has 8 heteroatoms. The summed E-state index contributed by atoms with van der Waals surface area (Å²) in [6.45, 7) is 1.28. The van der Waals surface area contributed by atoms with Crippen molar-refractivity contribution in [2.24, 2.45) is 0 Å². The van der Waals surface area contributed by atoms with E-state index in [2.05, 4.69) is 10.6 Å². The number of ether oxygens (including phenoxy) is 1. The third-order valence-electron chi connectivity index (χ3n) is 6.94. The van der Waals surface area contributed by atoms with Gasteiger partial charge in [-0.05, 0) is 66.6 Å². The second-order valence-corrected chi connectivity index (χ2v) is 9.96. The molecule has 3 aromatic carbocycles. The standard InChI is InChI=1S/C32H36FN3O4/c33-27-16-12-24(13-17-27)22-40-23-30(37)34-20-6-2-5-11-31(38)36-21-7-10-29(36)32(39)35-28-18-14-26(15-19-28)25-8-3-1-4-9-25/h1,3-4,8-9,12-19,29H,2,5-7,10-11,20-23H2,(H,34,37)(H,35,39)/t29-/m0/s1. The van der Waals surface area contributed by atoms with Crippen LogP contribution in [0.3, 0.4) is 0 Å². The zero-order valence-corrected chi connectivity index (χ0v) is 22.6. The number of carbonyl (C=O) groups is 3. The zero-order valence-electron chi connectivity index (χ0n) is 22.6. The Hall–Kier alpha value is -4.04. The number of benzene rings is 3. The number of amides is 3. The average Bonchev–Trinajstić information content (AvgIpc) is 3.47. The number of nitrogens with zero attached hydrogens (tertiary/aromatic N) is 1. The predicted octanol–water partition coefficient (Wildman–Crippen LogP) is 5.32. The van der Waals surface area contributed by atoms with E-state index in [0.29, 0.717) is 38.0 Å². The van der Waals surface area contributed by atoms with Gasteiger partial charge in [0.15, 0.2) is 0 Å². The molecule has 3 amide bonds. The Morgan fingerprint density at radius 1 is 0.875 bits per heavy atom. The van der Waals surface area contributed by atoms with Crippen molar-refractivity contribution in [2.45, 2.75) is 51.2 Å². The number of hydrogen-bond acceptors (Lipinski definition) is 4. The highest BCUT2D eigenvalue weighted by Crippen LogP contribution is 2.23. The van der Waals surface area contributed by atoms with Gasteiger partial charge in [0.2, 0.25) is 17.7 Å². The second kappa shape index (κ2) is 14.9. The van der Waals surface area contributed by atoms with Crippen molar-refractivity contribution in [1.29, 1.82) is 0 Å². The molecule has 0 unspecified atom stereocenters. The van der Waals surface area contributed by atoms with Crippen LogP contribution in [0.15, 0.2) is 78.9 Å². The van der Waals surface area contributed by atoms with Crippen molar-refractivity contribution in [3.63, 3.8) is 0 Å². The molecule has 3 aromatic rings. The lowest BCUT2D eigenvalue weighted by Gasteiger charge is -2.24. The van der Waals surface area contributed by atoms with Gasteiger partial charge in [0.1, 0.15) is 18.5 Å². The summed E-state index contributed by atoms with van der Waals surface area (Å²) < 4.78 is 18.3. The third-order valence-corrected chi connectivity index (χ3v) is 6.94. The number of halogens is 1. The molecular formula is C32H36FN3O4. The van der Waals surface area contributed by atoms with Crippen molar-refractivity contribution >= 4 is 23.4 Å². The van der Waals surface area contributed by atoms with Gasteiger partial charge in [0, 0.05) is 25.2 Å². The van der Waals surface area contributed by atoms with Gasteiger partial charge in [0.05, 0.1) is 6.61 Å². The summed E-state index contributed by atoms with van der Waals surface area (Å²) in [5, 5.41) is 5.78. The topological polar surface area (TPSA) is 87.7 Å². The van der Waals surface area contributed by atoms with Gasteiger partial charge in [-0.3, -0.25) is 14.4 Å². The molecule has 1 heterocycles. The van der Waals surface area contributed by atoms with Gasteiger partial charge >= 0.3 is 0 Å². The molecule has 210 valence electrons. The minimum absolute atomic E-state index is 0.00435. The molecule has 1 aliphatic heterocycles. The van der Waals surface area contributed by atoms with E-state index >= 15 is 0 Å². The van der Waals surface area contributed by atoms with E-state index in [1.807, 2.05) is 54.6 Å². The van der Waals surface area contributed by atoms with E-state index in [1.54, 1.807) is 17.0 Å². The largest absolute Gasteiger partial charge is 0.367 e. The minimum Gasteiger partial charge on any atom is -0.367 e. The van der Waals surface area contributed by atoms with Crippen LogP contribution in [-0.2, 0) is 25.7 Å². The molecule has 0 saturated carbocycles. The van der Waals surface area contributed by atoms with Crippen molar-refractivity contribution < 1.29 is 23.5 Å². The van der Waals surface area contributed by atoms with Crippen LogP contribution in [0.25, 0.3) is 11.1 Å². The molecule has 1 atom stereocenters. The van der Waals surface area contributed by atoms with Crippen LogP contribution < -0.4 is 10.6 Å². The lowest BCUT2D eigenvalue weighted by molar-refractivity contribution is -0.136. The first-order valence-electron chi connectivity index (χ1n) is 13.8.